The number of rotatable bonds is 3. The lowest BCUT2D eigenvalue weighted by Crippen LogP contribution is -2.40. The highest BCUT2D eigenvalue weighted by atomic mass is 16.6. The Balaban J connectivity index is 2.80. The molecule has 4 nitrogen and oxygen atoms in total. The summed E-state index contributed by atoms with van der Waals surface area (Å²) in [6, 6.07) is 0. The molecular weight excluding hydrogens is 194 g/mol. The van der Waals surface area contributed by atoms with Crippen LogP contribution < -0.4 is 0 Å². The number of nitrogens with zero attached hydrogens (tertiary/aromatic N) is 1. The SMILES string of the molecule is CC1(C)CC(C=O)CC(C)(C[N+](=O)[O-])C1. The second-order valence-corrected chi connectivity index (χ2v) is 5.95. The Morgan fingerprint density at radius 1 is 1.40 bits per heavy atom. The molecule has 0 aliphatic heterocycles. The van der Waals surface area contributed by atoms with E-state index >= 15 is 0 Å². The Morgan fingerprint density at radius 2 is 2.00 bits per heavy atom. The van der Waals surface area contributed by atoms with Crippen LogP contribution in [-0.2, 0) is 4.79 Å². The van der Waals surface area contributed by atoms with Crippen LogP contribution in [0.3, 0.4) is 0 Å². The molecule has 15 heavy (non-hydrogen) atoms. The van der Waals surface area contributed by atoms with Crippen molar-refractivity contribution in [1.29, 1.82) is 0 Å². The lowest BCUT2D eigenvalue weighted by atomic mass is 9.61. The standard InChI is InChI=1S/C11H19NO3/c1-10(2)4-9(6-13)5-11(3,7-10)8-12(14)15/h6,9H,4-5,7-8H2,1-3H3. The van der Waals surface area contributed by atoms with Crippen LogP contribution in [0.4, 0.5) is 0 Å². The number of carbonyl (C=O) groups is 1. The fourth-order valence-corrected chi connectivity index (χ4v) is 3.24. The molecule has 4 heteroatoms. The van der Waals surface area contributed by atoms with Crippen LogP contribution in [0, 0.1) is 26.9 Å². The van der Waals surface area contributed by atoms with E-state index in [0.29, 0.717) is 6.42 Å². The van der Waals surface area contributed by atoms with Gasteiger partial charge in [-0.15, -0.1) is 0 Å². The third kappa shape index (κ3) is 3.29. The van der Waals surface area contributed by atoms with Gasteiger partial charge in [-0.1, -0.05) is 20.8 Å². The lowest BCUT2D eigenvalue weighted by Gasteiger charge is -2.43. The zero-order valence-electron chi connectivity index (χ0n) is 9.66. The first-order chi connectivity index (χ1) is 6.76. The molecule has 0 spiro atoms. The number of hydrogen-bond acceptors (Lipinski definition) is 3. The number of hydrogen-bond donors (Lipinski definition) is 0. The molecule has 1 aliphatic carbocycles. The van der Waals surface area contributed by atoms with Crippen molar-refractivity contribution < 1.29 is 9.72 Å². The highest BCUT2D eigenvalue weighted by Crippen LogP contribution is 2.47. The van der Waals surface area contributed by atoms with Gasteiger partial charge in [0.2, 0.25) is 6.54 Å². The van der Waals surface area contributed by atoms with E-state index in [-0.39, 0.29) is 28.2 Å². The quantitative estimate of drug-likeness (QED) is 0.410. The van der Waals surface area contributed by atoms with Crippen LogP contribution >= 0.6 is 0 Å². The third-order valence-corrected chi connectivity index (χ3v) is 3.18. The third-order valence-electron chi connectivity index (χ3n) is 3.18. The molecule has 2 atom stereocenters. The van der Waals surface area contributed by atoms with Gasteiger partial charge >= 0.3 is 0 Å². The summed E-state index contributed by atoms with van der Waals surface area (Å²) in [7, 11) is 0. The molecule has 0 aromatic carbocycles. The van der Waals surface area contributed by atoms with Gasteiger partial charge in [0.1, 0.15) is 6.29 Å². The molecule has 0 saturated heterocycles. The number of carbonyl (C=O) groups excluding carboxylic acids is 1. The fraction of sp³-hybridized carbons (Fsp3) is 0.909. The van der Waals surface area contributed by atoms with Crippen LogP contribution in [0.25, 0.3) is 0 Å². The maximum Gasteiger partial charge on any atom is 0.209 e. The topological polar surface area (TPSA) is 60.2 Å². The van der Waals surface area contributed by atoms with Gasteiger partial charge in [0.05, 0.1) is 0 Å². The molecular formula is C11H19NO3. The summed E-state index contributed by atoms with van der Waals surface area (Å²) < 4.78 is 0. The predicted octanol–water partition coefficient (Wildman–Crippen LogP) is 2.29. The summed E-state index contributed by atoms with van der Waals surface area (Å²) in [5, 5.41) is 10.6. The van der Waals surface area contributed by atoms with E-state index in [2.05, 4.69) is 13.8 Å². The summed E-state index contributed by atoms with van der Waals surface area (Å²) in [6.45, 7) is 6.07. The highest BCUT2D eigenvalue weighted by molar-refractivity contribution is 5.54. The van der Waals surface area contributed by atoms with Gasteiger partial charge in [-0.2, -0.15) is 0 Å². The van der Waals surface area contributed by atoms with Crippen molar-refractivity contribution in [3.05, 3.63) is 10.1 Å². The molecule has 2 unspecified atom stereocenters. The second-order valence-electron chi connectivity index (χ2n) is 5.95. The largest absolute Gasteiger partial charge is 0.303 e. The van der Waals surface area contributed by atoms with Crippen LogP contribution in [0.1, 0.15) is 40.0 Å². The van der Waals surface area contributed by atoms with Crippen LogP contribution in [0.5, 0.6) is 0 Å². The molecule has 0 bridgehead atoms. The Bertz CT molecular complexity index is 275. The minimum atomic E-state index is -0.323. The van der Waals surface area contributed by atoms with Gasteiger partial charge in [0.25, 0.3) is 0 Å². The van der Waals surface area contributed by atoms with Crippen molar-refractivity contribution in [2.75, 3.05) is 6.54 Å². The number of nitro groups is 1. The average Bonchev–Trinajstić information content (AvgIpc) is 1.97. The first-order valence-corrected chi connectivity index (χ1v) is 5.33. The summed E-state index contributed by atoms with van der Waals surface area (Å²) in [4.78, 5) is 21.2. The molecule has 1 saturated carbocycles. The van der Waals surface area contributed by atoms with E-state index < -0.39 is 0 Å². The Labute approximate surface area is 90.2 Å². The van der Waals surface area contributed by atoms with Crippen LogP contribution in [0.2, 0.25) is 0 Å². The average molecular weight is 213 g/mol. The Kier molecular flexibility index (Phi) is 3.16. The molecule has 0 radical (unpaired) electrons. The van der Waals surface area contributed by atoms with Gasteiger partial charge in [-0.25, -0.2) is 0 Å². The minimum Gasteiger partial charge on any atom is -0.303 e. The van der Waals surface area contributed by atoms with Crippen molar-refractivity contribution in [1.82, 2.24) is 0 Å². The molecule has 1 aliphatic rings. The first-order valence-electron chi connectivity index (χ1n) is 5.33. The molecule has 0 aromatic heterocycles. The van der Waals surface area contributed by atoms with Gasteiger partial charge in [0, 0.05) is 16.3 Å². The van der Waals surface area contributed by atoms with E-state index in [0.717, 1.165) is 19.1 Å². The normalized spacial score (nSPS) is 34.7. The number of aldehydes is 1. The summed E-state index contributed by atoms with van der Waals surface area (Å²) in [6.07, 6.45) is 3.29. The molecule has 0 aromatic rings. The van der Waals surface area contributed by atoms with Crippen molar-refractivity contribution in [3.63, 3.8) is 0 Å². The molecule has 0 N–H and O–H groups in total. The zero-order valence-corrected chi connectivity index (χ0v) is 9.66. The molecule has 1 rings (SSSR count). The lowest BCUT2D eigenvalue weighted by molar-refractivity contribution is -0.499. The minimum absolute atomic E-state index is 0.0151. The maximum absolute atomic E-state index is 10.9. The van der Waals surface area contributed by atoms with Gasteiger partial charge in [0.15, 0.2) is 0 Å². The first kappa shape index (κ1) is 12.1. The summed E-state index contributed by atoms with van der Waals surface area (Å²) in [5.74, 6) is -0.0151. The predicted molar refractivity (Wildman–Crippen MR) is 57.2 cm³/mol. The Hall–Kier alpha value is -0.930. The van der Waals surface area contributed by atoms with Gasteiger partial charge in [-0.3, -0.25) is 10.1 Å². The van der Waals surface area contributed by atoms with E-state index in [1.54, 1.807) is 0 Å². The van der Waals surface area contributed by atoms with E-state index in [9.17, 15) is 14.9 Å². The summed E-state index contributed by atoms with van der Waals surface area (Å²) >= 11 is 0. The van der Waals surface area contributed by atoms with Crippen LogP contribution in [-0.4, -0.2) is 17.8 Å². The smallest absolute Gasteiger partial charge is 0.209 e. The van der Waals surface area contributed by atoms with Crippen molar-refractivity contribution in [3.8, 4) is 0 Å². The molecule has 0 heterocycles. The molecule has 1 fully saturated rings. The van der Waals surface area contributed by atoms with Crippen LogP contribution in [0.15, 0.2) is 0 Å². The van der Waals surface area contributed by atoms with Crippen molar-refractivity contribution in [2.45, 2.75) is 40.0 Å². The van der Waals surface area contributed by atoms with Crippen molar-refractivity contribution in [2.24, 2.45) is 16.7 Å². The van der Waals surface area contributed by atoms with Crippen molar-refractivity contribution >= 4 is 6.29 Å². The Morgan fingerprint density at radius 3 is 2.47 bits per heavy atom. The zero-order chi connectivity index (χ0) is 11.7. The molecule has 86 valence electrons. The van der Waals surface area contributed by atoms with E-state index in [1.165, 1.54) is 0 Å². The van der Waals surface area contributed by atoms with Gasteiger partial charge < -0.3 is 4.79 Å². The molecule has 0 amide bonds. The van der Waals surface area contributed by atoms with E-state index in [4.69, 9.17) is 0 Å². The van der Waals surface area contributed by atoms with Gasteiger partial charge in [-0.05, 0) is 24.7 Å². The summed E-state index contributed by atoms with van der Waals surface area (Å²) in [5.41, 5.74) is -0.286. The second kappa shape index (κ2) is 3.91. The fourth-order valence-electron chi connectivity index (χ4n) is 3.24. The maximum atomic E-state index is 10.9. The van der Waals surface area contributed by atoms with E-state index in [1.807, 2.05) is 6.92 Å². The monoisotopic (exact) mass is 213 g/mol. The highest BCUT2D eigenvalue weighted by Gasteiger charge is 2.44.